The van der Waals surface area contributed by atoms with Gasteiger partial charge in [-0.15, -0.1) is 0 Å². The van der Waals surface area contributed by atoms with Gasteiger partial charge in [-0.3, -0.25) is 9.38 Å². The first kappa shape index (κ1) is 15.2. The third kappa shape index (κ3) is 2.48. The van der Waals surface area contributed by atoms with Crippen molar-refractivity contribution in [3.63, 3.8) is 0 Å². The summed E-state index contributed by atoms with van der Waals surface area (Å²) in [5, 5.41) is 13.2. The van der Waals surface area contributed by atoms with Gasteiger partial charge in [0.1, 0.15) is 11.9 Å². The molecule has 1 aromatic carbocycles. The molecule has 3 aromatic heterocycles. The van der Waals surface area contributed by atoms with E-state index in [0.717, 1.165) is 28.1 Å². The van der Waals surface area contributed by atoms with E-state index in [1.54, 1.807) is 12.4 Å². The largest absolute Gasteiger partial charge is 0.341 e. The second-order valence-corrected chi connectivity index (χ2v) is 6.25. The van der Waals surface area contributed by atoms with Crippen LogP contribution < -0.4 is 5.32 Å². The molecule has 0 unspecified atom stereocenters. The number of pyridine rings is 2. The van der Waals surface area contributed by atoms with Gasteiger partial charge in [-0.2, -0.15) is 5.26 Å². The van der Waals surface area contributed by atoms with Crippen LogP contribution in [0.25, 0.3) is 16.7 Å². The van der Waals surface area contributed by atoms with E-state index in [0.29, 0.717) is 11.2 Å². The molecule has 5 nitrogen and oxygen atoms in total. The molecular formula is C20H17N5. The SMILES string of the molecule is CC(C)c1cc(Nc2ccncc2)n2c(nc3ccccc32)c1C#N. The molecule has 4 rings (SSSR count). The van der Waals surface area contributed by atoms with Gasteiger partial charge in [0.25, 0.3) is 0 Å². The zero-order valence-electron chi connectivity index (χ0n) is 14.1. The van der Waals surface area contributed by atoms with E-state index in [4.69, 9.17) is 4.98 Å². The third-order valence-corrected chi connectivity index (χ3v) is 4.29. The fourth-order valence-electron chi connectivity index (χ4n) is 3.10. The monoisotopic (exact) mass is 327 g/mol. The molecule has 0 fully saturated rings. The van der Waals surface area contributed by atoms with Crippen molar-refractivity contribution in [1.29, 1.82) is 5.26 Å². The van der Waals surface area contributed by atoms with E-state index in [-0.39, 0.29) is 5.92 Å². The van der Waals surface area contributed by atoms with E-state index in [9.17, 15) is 5.26 Å². The van der Waals surface area contributed by atoms with Crippen LogP contribution in [0.15, 0.2) is 54.9 Å². The summed E-state index contributed by atoms with van der Waals surface area (Å²) >= 11 is 0. The van der Waals surface area contributed by atoms with E-state index in [2.05, 4.69) is 30.2 Å². The topological polar surface area (TPSA) is 66.0 Å². The second kappa shape index (κ2) is 5.91. The predicted molar refractivity (Wildman–Crippen MR) is 99.0 cm³/mol. The molecule has 0 radical (unpaired) electrons. The van der Waals surface area contributed by atoms with Crippen molar-refractivity contribution in [2.24, 2.45) is 0 Å². The van der Waals surface area contributed by atoms with Crippen LogP contribution in [0.5, 0.6) is 0 Å². The van der Waals surface area contributed by atoms with Crippen LogP contribution in [0.1, 0.15) is 30.9 Å². The van der Waals surface area contributed by atoms with Gasteiger partial charge >= 0.3 is 0 Å². The fraction of sp³-hybridized carbons (Fsp3) is 0.150. The van der Waals surface area contributed by atoms with Crippen molar-refractivity contribution < 1.29 is 0 Å². The van der Waals surface area contributed by atoms with Gasteiger partial charge in [0.05, 0.1) is 16.6 Å². The summed E-state index contributed by atoms with van der Waals surface area (Å²) in [6.45, 7) is 4.18. The quantitative estimate of drug-likeness (QED) is 0.596. The Bertz CT molecular complexity index is 1100. The van der Waals surface area contributed by atoms with Gasteiger partial charge in [-0.1, -0.05) is 26.0 Å². The number of nitrogens with one attached hydrogen (secondary N) is 1. The highest BCUT2D eigenvalue weighted by atomic mass is 15.1. The molecule has 5 heteroatoms. The predicted octanol–water partition coefficient (Wildman–Crippen LogP) is 4.62. The molecule has 0 aliphatic carbocycles. The Morgan fingerprint density at radius 2 is 1.88 bits per heavy atom. The highest BCUT2D eigenvalue weighted by molar-refractivity contribution is 5.86. The lowest BCUT2D eigenvalue weighted by Gasteiger charge is -2.15. The van der Waals surface area contributed by atoms with Crippen LogP contribution in [-0.4, -0.2) is 14.4 Å². The average molecular weight is 327 g/mol. The molecule has 4 aromatic rings. The van der Waals surface area contributed by atoms with Crippen molar-refractivity contribution in [2.45, 2.75) is 19.8 Å². The number of hydrogen-bond acceptors (Lipinski definition) is 4. The van der Waals surface area contributed by atoms with Crippen LogP contribution in [0, 0.1) is 11.3 Å². The first-order valence-electron chi connectivity index (χ1n) is 8.20. The third-order valence-electron chi connectivity index (χ3n) is 4.29. The second-order valence-electron chi connectivity index (χ2n) is 6.25. The molecule has 0 aliphatic heterocycles. The van der Waals surface area contributed by atoms with E-state index < -0.39 is 0 Å². The van der Waals surface area contributed by atoms with Crippen LogP contribution in [-0.2, 0) is 0 Å². The highest BCUT2D eigenvalue weighted by Crippen LogP contribution is 2.31. The van der Waals surface area contributed by atoms with Gasteiger partial charge in [-0.05, 0) is 41.8 Å². The molecule has 0 spiro atoms. The summed E-state index contributed by atoms with van der Waals surface area (Å²) in [4.78, 5) is 8.78. The van der Waals surface area contributed by atoms with Crippen molar-refractivity contribution in [3.8, 4) is 6.07 Å². The summed E-state index contributed by atoms with van der Waals surface area (Å²) in [6.07, 6.45) is 3.50. The van der Waals surface area contributed by atoms with Gasteiger partial charge in [0, 0.05) is 18.1 Å². The highest BCUT2D eigenvalue weighted by Gasteiger charge is 2.18. The standard InChI is InChI=1S/C20H17N5/c1-13(2)15-11-19(23-14-7-9-22-10-8-14)25-18-6-4-3-5-17(18)24-20(25)16(15)12-21/h3-11,13H,1-2H3,(H,22,23). The molecule has 0 saturated carbocycles. The molecular weight excluding hydrogens is 310 g/mol. The minimum Gasteiger partial charge on any atom is -0.341 e. The number of nitriles is 1. The van der Waals surface area contributed by atoms with Gasteiger partial charge in [-0.25, -0.2) is 4.98 Å². The lowest BCUT2D eigenvalue weighted by Crippen LogP contribution is -2.04. The number of aromatic nitrogens is 3. The van der Waals surface area contributed by atoms with Gasteiger partial charge in [0.2, 0.25) is 0 Å². The molecule has 25 heavy (non-hydrogen) atoms. The number of fused-ring (bicyclic) bond motifs is 3. The lowest BCUT2D eigenvalue weighted by atomic mass is 9.99. The van der Waals surface area contributed by atoms with Crippen molar-refractivity contribution in [3.05, 3.63) is 66.0 Å². The Morgan fingerprint density at radius 3 is 2.60 bits per heavy atom. The Labute approximate surface area is 145 Å². The number of anilines is 2. The molecule has 1 N–H and O–H groups in total. The summed E-state index contributed by atoms with van der Waals surface area (Å²) in [5.41, 5.74) is 5.09. The maximum atomic E-state index is 9.74. The van der Waals surface area contributed by atoms with Crippen molar-refractivity contribution in [1.82, 2.24) is 14.4 Å². The fourth-order valence-corrected chi connectivity index (χ4v) is 3.10. The Kier molecular flexibility index (Phi) is 3.58. The molecule has 3 heterocycles. The van der Waals surface area contributed by atoms with Crippen molar-refractivity contribution in [2.75, 3.05) is 5.32 Å². The molecule has 0 aliphatic rings. The summed E-state index contributed by atoms with van der Waals surface area (Å²) in [7, 11) is 0. The van der Waals surface area contributed by atoms with Crippen LogP contribution in [0.4, 0.5) is 11.5 Å². The van der Waals surface area contributed by atoms with Crippen molar-refractivity contribution >= 4 is 28.2 Å². The number of benzene rings is 1. The summed E-state index contributed by atoms with van der Waals surface area (Å²) in [6, 6.07) is 16.2. The van der Waals surface area contributed by atoms with Gasteiger partial charge in [0.15, 0.2) is 5.65 Å². The van der Waals surface area contributed by atoms with E-state index >= 15 is 0 Å². The zero-order chi connectivity index (χ0) is 17.4. The minimum atomic E-state index is 0.220. The Hall–Kier alpha value is -3.39. The summed E-state index contributed by atoms with van der Waals surface area (Å²) < 4.78 is 2.01. The zero-order valence-corrected chi connectivity index (χ0v) is 14.1. The number of imidazole rings is 1. The average Bonchev–Trinajstić information content (AvgIpc) is 3.02. The number of nitrogens with zero attached hydrogens (tertiary/aromatic N) is 4. The molecule has 122 valence electrons. The molecule has 0 amide bonds. The number of para-hydroxylation sites is 2. The maximum absolute atomic E-state index is 9.74. The van der Waals surface area contributed by atoms with Crippen LogP contribution in [0.2, 0.25) is 0 Å². The number of rotatable bonds is 3. The van der Waals surface area contributed by atoms with Gasteiger partial charge < -0.3 is 5.32 Å². The molecule has 0 saturated heterocycles. The normalized spacial score (nSPS) is 11.1. The number of hydrogen-bond donors (Lipinski definition) is 1. The first-order valence-corrected chi connectivity index (χ1v) is 8.20. The smallest absolute Gasteiger partial charge is 0.157 e. The van der Waals surface area contributed by atoms with Crippen LogP contribution in [0.3, 0.4) is 0 Å². The molecule has 0 bridgehead atoms. The maximum Gasteiger partial charge on any atom is 0.157 e. The minimum absolute atomic E-state index is 0.220. The molecule has 0 atom stereocenters. The first-order chi connectivity index (χ1) is 12.2. The van der Waals surface area contributed by atoms with E-state index in [1.165, 1.54) is 0 Å². The Morgan fingerprint density at radius 1 is 1.12 bits per heavy atom. The summed E-state index contributed by atoms with van der Waals surface area (Å²) in [5.74, 6) is 1.11. The lowest BCUT2D eigenvalue weighted by molar-refractivity contribution is 0.860. The van der Waals surface area contributed by atoms with E-state index in [1.807, 2.05) is 46.9 Å². The Balaban J connectivity index is 2.07. The van der Waals surface area contributed by atoms with Crippen LogP contribution >= 0.6 is 0 Å².